The van der Waals surface area contributed by atoms with Gasteiger partial charge in [0.1, 0.15) is 5.75 Å². The van der Waals surface area contributed by atoms with Gasteiger partial charge in [0.25, 0.3) is 5.91 Å². The molecule has 0 N–H and O–H groups in total. The molecule has 1 aliphatic rings. The summed E-state index contributed by atoms with van der Waals surface area (Å²) in [5.41, 5.74) is 1.07. The van der Waals surface area contributed by atoms with E-state index in [4.69, 9.17) is 21.7 Å². The lowest BCUT2D eigenvalue weighted by molar-refractivity contribution is -0.255. The van der Waals surface area contributed by atoms with Crippen molar-refractivity contribution < 1.29 is 29.0 Å². The van der Waals surface area contributed by atoms with Crippen molar-refractivity contribution in [3.63, 3.8) is 0 Å². The maximum Gasteiger partial charge on any atom is 0.344 e. The highest BCUT2D eigenvalue weighted by Crippen LogP contribution is 2.36. The van der Waals surface area contributed by atoms with Crippen molar-refractivity contribution in [3.8, 4) is 5.75 Å². The zero-order valence-electron chi connectivity index (χ0n) is 15.8. The number of carboxylic acid groups (broad SMARTS) is 1. The van der Waals surface area contributed by atoms with Crippen LogP contribution in [0.1, 0.15) is 22.8 Å². The molecule has 0 aliphatic carbocycles. The summed E-state index contributed by atoms with van der Waals surface area (Å²) in [5, 5.41) is 11.1. The maximum absolute atomic E-state index is 12.8. The van der Waals surface area contributed by atoms with E-state index in [2.05, 4.69) is 0 Å². The number of amides is 1. The molecule has 7 nitrogen and oxygen atoms in total. The van der Waals surface area contributed by atoms with Crippen LogP contribution in [0.25, 0.3) is 6.08 Å². The van der Waals surface area contributed by atoms with Gasteiger partial charge in [0.05, 0.1) is 23.2 Å². The van der Waals surface area contributed by atoms with Crippen molar-refractivity contribution in [2.24, 2.45) is 0 Å². The molecule has 0 spiro atoms. The van der Waals surface area contributed by atoms with Crippen LogP contribution in [0.15, 0.2) is 53.4 Å². The van der Waals surface area contributed by atoms with E-state index >= 15 is 0 Å². The molecule has 0 bridgehead atoms. The summed E-state index contributed by atoms with van der Waals surface area (Å²) in [5.74, 6) is -1.63. The predicted molar refractivity (Wildman–Crippen MR) is 115 cm³/mol. The summed E-state index contributed by atoms with van der Waals surface area (Å²) in [6.07, 6.45) is 1.68. The van der Waals surface area contributed by atoms with E-state index in [1.807, 2.05) is 0 Å². The molecule has 30 heavy (non-hydrogen) atoms. The molecule has 3 rings (SSSR count). The Morgan fingerprint density at radius 1 is 1.20 bits per heavy atom. The number of aromatic carboxylic acids is 1. The summed E-state index contributed by atoms with van der Waals surface area (Å²) < 4.78 is 10.4. The van der Waals surface area contributed by atoms with Gasteiger partial charge in [-0.2, -0.15) is 0 Å². The monoisotopic (exact) mass is 442 g/mol. The zero-order valence-corrected chi connectivity index (χ0v) is 17.5. The summed E-state index contributed by atoms with van der Waals surface area (Å²) in [4.78, 5) is 36.9. The number of rotatable bonds is 7. The Morgan fingerprint density at radius 3 is 2.60 bits per heavy atom. The van der Waals surface area contributed by atoms with Crippen molar-refractivity contribution in [2.45, 2.75) is 6.92 Å². The Bertz CT molecular complexity index is 1030. The van der Waals surface area contributed by atoms with Crippen LogP contribution < -0.4 is 14.7 Å². The summed E-state index contributed by atoms with van der Waals surface area (Å²) >= 11 is 6.43. The molecule has 0 unspecified atom stereocenters. The van der Waals surface area contributed by atoms with Crippen LogP contribution in [0.2, 0.25) is 0 Å². The molecule has 0 radical (unpaired) electrons. The molecule has 1 fully saturated rings. The van der Waals surface area contributed by atoms with Crippen LogP contribution >= 0.6 is 24.0 Å². The van der Waals surface area contributed by atoms with Crippen molar-refractivity contribution in [2.75, 3.05) is 18.1 Å². The molecule has 0 atom stereocenters. The third kappa shape index (κ3) is 5.05. The molecular formula is C21H16NO6S2-. The van der Waals surface area contributed by atoms with Gasteiger partial charge in [-0.15, -0.1) is 0 Å². The average molecular weight is 442 g/mol. The number of hydrogen-bond acceptors (Lipinski definition) is 8. The Labute approximate surface area is 182 Å². The third-order valence-corrected chi connectivity index (χ3v) is 5.28. The smallest absolute Gasteiger partial charge is 0.344 e. The molecule has 1 aliphatic heterocycles. The Balaban J connectivity index is 1.73. The number of carboxylic acids is 1. The normalized spacial score (nSPS) is 14.8. The molecule has 0 aromatic heterocycles. The fourth-order valence-electron chi connectivity index (χ4n) is 2.62. The number of carbonyl (C=O) groups is 3. The van der Waals surface area contributed by atoms with Gasteiger partial charge in [0, 0.05) is 0 Å². The highest BCUT2D eigenvalue weighted by atomic mass is 32.2. The second kappa shape index (κ2) is 9.55. The second-order valence-electron chi connectivity index (χ2n) is 6.02. The van der Waals surface area contributed by atoms with Crippen LogP contribution in [0.5, 0.6) is 5.75 Å². The van der Waals surface area contributed by atoms with E-state index in [0.29, 0.717) is 20.7 Å². The molecule has 1 saturated heterocycles. The zero-order chi connectivity index (χ0) is 21.7. The number of benzene rings is 2. The topological polar surface area (TPSA) is 96.0 Å². The predicted octanol–water partition coefficient (Wildman–Crippen LogP) is 2.40. The lowest BCUT2D eigenvalue weighted by Crippen LogP contribution is -2.28. The number of nitrogens with zero attached hydrogens (tertiary/aromatic N) is 1. The van der Waals surface area contributed by atoms with Crippen LogP contribution in [0.3, 0.4) is 0 Å². The van der Waals surface area contributed by atoms with Crippen LogP contribution in [-0.4, -0.2) is 35.4 Å². The first-order valence-corrected chi connectivity index (χ1v) is 10.1. The number of carbonyl (C=O) groups excluding carboxylic acids is 3. The largest absolute Gasteiger partial charge is 0.545 e. The van der Waals surface area contributed by atoms with Crippen molar-refractivity contribution >= 4 is 57.9 Å². The highest BCUT2D eigenvalue weighted by Gasteiger charge is 2.33. The second-order valence-corrected chi connectivity index (χ2v) is 7.69. The van der Waals surface area contributed by atoms with Gasteiger partial charge in [-0.1, -0.05) is 48.2 Å². The third-order valence-electron chi connectivity index (χ3n) is 3.97. The SMILES string of the molecule is CCOC(=O)COc1ccc(/C=C2/SC(=S)N(c3cccc(C(=O)[O-])c3)C2=O)cc1. The van der Waals surface area contributed by atoms with Gasteiger partial charge in [-0.25, -0.2) is 4.79 Å². The van der Waals surface area contributed by atoms with Gasteiger partial charge in [-0.3, -0.25) is 9.69 Å². The first-order chi connectivity index (χ1) is 14.4. The maximum atomic E-state index is 12.8. The lowest BCUT2D eigenvalue weighted by atomic mass is 10.1. The minimum atomic E-state index is -1.33. The van der Waals surface area contributed by atoms with Crippen LogP contribution in [-0.2, 0) is 14.3 Å². The van der Waals surface area contributed by atoms with Crippen molar-refractivity contribution in [3.05, 3.63) is 64.6 Å². The molecular weight excluding hydrogens is 426 g/mol. The molecule has 1 heterocycles. The number of thiocarbonyl (C=S) groups is 1. The number of ether oxygens (including phenoxy) is 2. The minimum absolute atomic E-state index is 0.0380. The number of thioether (sulfide) groups is 1. The quantitative estimate of drug-likeness (QED) is 0.366. The van der Waals surface area contributed by atoms with Gasteiger partial charge < -0.3 is 19.4 Å². The Morgan fingerprint density at radius 2 is 1.93 bits per heavy atom. The van der Waals surface area contributed by atoms with Gasteiger partial charge in [0.15, 0.2) is 10.9 Å². The van der Waals surface area contributed by atoms with Crippen LogP contribution in [0.4, 0.5) is 5.69 Å². The van der Waals surface area contributed by atoms with E-state index < -0.39 is 11.9 Å². The molecule has 0 saturated carbocycles. The molecule has 2 aromatic rings. The Hall–Kier alpha value is -3.17. The van der Waals surface area contributed by atoms with E-state index in [-0.39, 0.29) is 24.7 Å². The van der Waals surface area contributed by atoms with E-state index in [1.165, 1.54) is 23.1 Å². The van der Waals surface area contributed by atoms with E-state index in [0.717, 1.165) is 17.3 Å². The van der Waals surface area contributed by atoms with Crippen molar-refractivity contribution in [1.82, 2.24) is 0 Å². The van der Waals surface area contributed by atoms with Crippen molar-refractivity contribution in [1.29, 1.82) is 0 Å². The fourth-order valence-corrected chi connectivity index (χ4v) is 3.92. The van der Waals surface area contributed by atoms with Crippen LogP contribution in [0, 0.1) is 0 Å². The highest BCUT2D eigenvalue weighted by molar-refractivity contribution is 8.27. The van der Waals surface area contributed by atoms with Gasteiger partial charge >= 0.3 is 5.97 Å². The first kappa shape index (κ1) is 21.5. The molecule has 1 amide bonds. The lowest BCUT2D eigenvalue weighted by Gasteiger charge is -2.15. The van der Waals surface area contributed by atoms with E-state index in [9.17, 15) is 19.5 Å². The Kier molecular flexibility index (Phi) is 6.86. The number of esters is 1. The standard InChI is InChI=1S/C21H17NO6S2/c1-2-27-18(23)12-28-16-8-6-13(7-9-16)10-17-19(24)22(21(29)30-17)15-5-3-4-14(11-15)20(25)26/h3-11H,2,12H2,1H3,(H,25,26)/p-1/b17-10+. The molecule has 154 valence electrons. The number of hydrogen-bond donors (Lipinski definition) is 0. The van der Waals surface area contributed by atoms with E-state index in [1.54, 1.807) is 43.3 Å². The van der Waals surface area contributed by atoms with Gasteiger partial charge in [-0.05, 0) is 48.4 Å². The summed E-state index contributed by atoms with van der Waals surface area (Å²) in [6, 6.07) is 12.7. The average Bonchev–Trinajstić information content (AvgIpc) is 3.00. The molecule has 9 heteroatoms. The number of anilines is 1. The first-order valence-electron chi connectivity index (χ1n) is 8.87. The van der Waals surface area contributed by atoms with Gasteiger partial charge in [0.2, 0.25) is 0 Å². The summed E-state index contributed by atoms with van der Waals surface area (Å²) in [7, 11) is 0. The summed E-state index contributed by atoms with van der Waals surface area (Å²) in [6.45, 7) is 1.82. The molecule has 2 aromatic carbocycles. The minimum Gasteiger partial charge on any atom is -0.545 e. The fraction of sp³-hybridized carbons (Fsp3) is 0.143.